The Kier molecular flexibility index (Phi) is 1.43. The van der Waals surface area contributed by atoms with Crippen LogP contribution in [0.25, 0.3) is 0 Å². The smallest absolute Gasteiger partial charge is 0.351 e. The summed E-state index contributed by atoms with van der Waals surface area (Å²) < 4.78 is 0. The van der Waals surface area contributed by atoms with E-state index in [-0.39, 0.29) is 5.41 Å². The summed E-state index contributed by atoms with van der Waals surface area (Å²) in [6, 6.07) is 0. The van der Waals surface area contributed by atoms with Crippen LogP contribution >= 0.6 is 0 Å². The molecule has 0 aromatic rings. The molecule has 0 radical (unpaired) electrons. The fourth-order valence-electron chi connectivity index (χ4n) is 1.86. The molecular weight excluding hydrogens is 154 g/mol. The maximum atomic E-state index is 10.6. The molecule has 0 bridgehead atoms. The molecule has 0 saturated heterocycles. The highest BCUT2D eigenvalue weighted by molar-refractivity contribution is 5.86. The van der Waals surface area contributed by atoms with Crippen molar-refractivity contribution in [2.24, 2.45) is 11.3 Å². The lowest BCUT2D eigenvalue weighted by Gasteiger charge is -2.19. The highest BCUT2D eigenvalue weighted by atomic mass is 16.4. The highest BCUT2D eigenvalue weighted by Crippen LogP contribution is 2.48. The molecule has 2 N–H and O–H groups in total. The molecule has 1 heterocycles. The standard InChI is InChI=1S/C9H13NO2/c1-9(6-2-3-6)4-7(8(11)12)10-5-9/h4,6,10H,2-3,5H2,1H3,(H,11,12). The predicted molar refractivity (Wildman–Crippen MR) is 44.6 cm³/mol. The largest absolute Gasteiger partial charge is 0.477 e. The van der Waals surface area contributed by atoms with E-state index in [2.05, 4.69) is 12.2 Å². The van der Waals surface area contributed by atoms with Gasteiger partial charge in [0.1, 0.15) is 5.70 Å². The van der Waals surface area contributed by atoms with Crippen LogP contribution in [-0.2, 0) is 4.79 Å². The van der Waals surface area contributed by atoms with Gasteiger partial charge in [-0.2, -0.15) is 0 Å². The summed E-state index contributed by atoms with van der Waals surface area (Å²) in [5.41, 5.74) is 0.484. The lowest BCUT2D eigenvalue weighted by atomic mass is 9.86. The van der Waals surface area contributed by atoms with E-state index in [0.29, 0.717) is 11.6 Å². The van der Waals surface area contributed by atoms with E-state index in [4.69, 9.17) is 5.11 Å². The van der Waals surface area contributed by atoms with Crippen molar-refractivity contribution in [3.8, 4) is 0 Å². The second-order valence-corrected chi connectivity index (χ2v) is 4.00. The SMILES string of the molecule is CC1(C2CC2)C=C(C(=O)O)NC1. The summed E-state index contributed by atoms with van der Waals surface area (Å²) in [5.74, 6) is -0.124. The van der Waals surface area contributed by atoms with Gasteiger partial charge in [0.05, 0.1) is 0 Å². The number of hydrogen-bond donors (Lipinski definition) is 2. The summed E-state index contributed by atoms with van der Waals surface area (Å²) in [4.78, 5) is 10.6. The average molecular weight is 167 g/mol. The third kappa shape index (κ3) is 1.09. The van der Waals surface area contributed by atoms with Crippen molar-refractivity contribution in [1.29, 1.82) is 0 Å². The summed E-state index contributed by atoms with van der Waals surface area (Å²) >= 11 is 0. The quantitative estimate of drug-likeness (QED) is 0.644. The van der Waals surface area contributed by atoms with Gasteiger partial charge in [0, 0.05) is 12.0 Å². The molecule has 1 atom stereocenters. The Labute approximate surface area is 71.5 Å². The maximum Gasteiger partial charge on any atom is 0.351 e. The van der Waals surface area contributed by atoms with Crippen LogP contribution in [0.4, 0.5) is 0 Å². The number of carboxylic acids is 1. The van der Waals surface area contributed by atoms with Gasteiger partial charge in [-0.15, -0.1) is 0 Å². The Bertz CT molecular complexity index is 255. The topological polar surface area (TPSA) is 49.3 Å². The van der Waals surface area contributed by atoms with Gasteiger partial charge in [-0.05, 0) is 24.8 Å². The van der Waals surface area contributed by atoms with Gasteiger partial charge in [-0.3, -0.25) is 0 Å². The third-order valence-electron chi connectivity index (χ3n) is 2.87. The van der Waals surface area contributed by atoms with Crippen molar-refractivity contribution in [1.82, 2.24) is 5.32 Å². The van der Waals surface area contributed by atoms with Crippen molar-refractivity contribution in [2.45, 2.75) is 19.8 Å². The first-order valence-electron chi connectivity index (χ1n) is 4.32. The first-order chi connectivity index (χ1) is 5.62. The number of carboxylic acid groups (broad SMARTS) is 1. The maximum absolute atomic E-state index is 10.6. The van der Waals surface area contributed by atoms with Gasteiger partial charge in [-0.25, -0.2) is 4.79 Å². The molecule has 2 aliphatic rings. The van der Waals surface area contributed by atoms with Gasteiger partial charge in [0.25, 0.3) is 0 Å². The second-order valence-electron chi connectivity index (χ2n) is 4.00. The summed E-state index contributed by atoms with van der Waals surface area (Å²) in [5, 5.41) is 11.6. The Hall–Kier alpha value is -0.990. The van der Waals surface area contributed by atoms with Gasteiger partial charge in [0.15, 0.2) is 0 Å². The first-order valence-corrected chi connectivity index (χ1v) is 4.32. The van der Waals surface area contributed by atoms with Crippen LogP contribution in [0.2, 0.25) is 0 Å². The van der Waals surface area contributed by atoms with Crippen LogP contribution in [0, 0.1) is 11.3 Å². The Morgan fingerprint density at radius 2 is 2.42 bits per heavy atom. The van der Waals surface area contributed by atoms with E-state index in [1.807, 2.05) is 6.08 Å². The van der Waals surface area contributed by atoms with Crippen molar-refractivity contribution in [3.05, 3.63) is 11.8 Å². The number of carbonyl (C=O) groups is 1. The molecule has 2 rings (SSSR count). The average Bonchev–Trinajstić information content (AvgIpc) is 2.77. The summed E-state index contributed by atoms with van der Waals surface area (Å²) in [7, 11) is 0. The Morgan fingerprint density at radius 1 is 1.75 bits per heavy atom. The predicted octanol–water partition coefficient (Wildman–Crippen LogP) is 0.974. The van der Waals surface area contributed by atoms with Crippen LogP contribution < -0.4 is 5.32 Å². The molecule has 1 aliphatic heterocycles. The minimum Gasteiger partial charge on any atom is -0.477 e. The van der Waals surface area contributed by atoms with E-state index in [1.165, 1.54) is 12.8 Å². The van der Waals surface area contributed by atoms with Crippen LogP contribution in [0.5, 0.6) is 0 Å². The monoisotopic (exact) mass is 167 g/mol. The zero-order valence-electron chi connectivity index (χ0n) is 7.13. The number of nitrogens with one attached hydrogen (secondary N) is 1. The zero-order valence-corrected chi connectivity index (χ0v) is 7.13. The molecule has 3 heteroatoms. The normalized spacial score (nSPS) is 34.2. The summed E-state index contributed by atoms with van der Waals surface area (Å²) in [6.45, 7) is 2.92. The first kappa shape index (κ1) is 7.65. The molecule has 1 aliphatic carbocycles. The van der Waals surface area contributed by atoms with Crippen LogP contribution in [0.15, 0.2) is 11.8 Å². The van der Waals surface area contributed by atoms with E-state index in [0.717, 1.165) is 6.54 Å². The minimum atomic E-state index is -0.834. The molecule has 3 nitrogen and oxygen atoms in total. The molecule has 66 valence electrons. The van der Waals surface area contributed by atoms with Crippen LogP contribution in [0.3, 0.4) is 0 Å². The minimum absolute atomic E-state index is 0.105. The summed E-state index contributed by atoms with van der Waals surface area (Å²) in [6.07, 6.45) is 4.39. The lowest BCUT2D eigenvalue weighted by molar-refractivity contribution is -0.132. The molecule has 12 heavy (non-hydrogen) atoms. The van der Waals surface area contributed by atoms with Crippen molar-refractivity contribution >= 4 is 5.97 Å². The van der Waals surface area contributed by atoms with E-state index in [9.17, 15) is 4.79 Å². The zero-order chi connectivity index (χ0) is 8.77. The van der Waals surface area contributed by atoms with E-state index >= 15 is 0 Å². The van der Waals surface area contributed by atoms with Crippen molar-refractivity contribution in [3.63, 3.8) is 0 Å². The molecule has 0 aromatic heterocycles. The van der Waals surface area contributed by atoms with Gasteiger partial charge in [0.2, 0.25) is 0 Å². The molecule has 0 spiro atoms. The number of hydrogen-bond acceptors (Lipinski definition) is 2. The van der Waals surface area contributed by atoms with Crippen molar-refractivity contribution in [2.75, 3.05) is 6.54 Å². The van der Waals surface area contributed by atoms with Gasteiger partial charge < -0.3 is 10.4 Å². The van der Waals surface area contributed by atoms with Gasteiger partial charge in [-0.1, -0.05) is 6.92 Å². The molecule has 1 fully saturated rings. The van der Waals surface area contributed by atoms with Gasteiger partial charge >= 0.3 is 5.97 Å². The highest BCUT2D eigenvalue weighted by Gasteiger charge is 2.43. The fourth-order valence-corrected chi connectivity index (χ4v) is 1.86. The molecule has 0 amide bonds. The number of rotatable bonds is 2. The molecule has 1 saturated carbocycles. The molecule has 1 unspecified atom stereocenters. The van der Waals surface area contributed by atoms with Crippen LogP contribution in [-0.4, -0.2) is 17.6 Å². The van der Waals surface area contributed by atoms with E-state index < -0.39 is 5.97 Å². The van der Waals surface area contributed by atoms with E-state index in [1.54, 1.807) is 0 Å². The Balaban J connectivity index is 2.16. The lowest BCUT2D eigenvalue weighted by Crippen LogP contribution is -2.24. The Morgan fingerprint density at radius 3 is 2.83 bits per heavy atom. The molecular formula is C9H13NO2. The second kappa shape index (κ2) is 2.25. The van der Waals surface area contributed by atoms with Crippen molar-refractivity contribution < 1.29 is 9.90 Å². The fraction of sp³-hybridized carbons (Fsp3) is 0.667. The number of aliphatic carboxylic acids is 1. The molecule has 0 aromatic carbocycles. The third-order valence-corrected chi connectivity index (χ3v) is 2.87. The van der Waals surface area contributed by atoms with Crippen LogP contribution in [0.1, 0.15) is 19.8 Å².